The van der Waals surface area contributed by atoms with Crippen LogP contribution in [0.1, 0.15) is 11.1 Å². The second-order valence-corrected chi connectivity index (χ2v) is 4.00. The normalized spacial score (nSPS) is 10.6. The third-order valence-electron chi connectivity index (χ3n) is 2.42. The van der Waals surface area contributed by atoms with Gasteiger partial charge in [0, 0.05) is 6.54 Å². The first kappa shape index (κ1) is 14.1. The predicted octanol–water partition coefficient (Wildman–Crippen LogP) is 1.11. The lowest BCUT2D eigenvalue weighted by Crippen LogP contribution is -2.34. The van der Waals surface area contributed by atoms with Gasteiger partial charge in [0.2, 0.25) is 0 Å². The van der Waals surface area contributed by atoms with E-state index in [1.807, 2.05) is 0 Å². The molecule has 5 nitrogen and oxygen atoms in total. The molecule has 0 atom stereocenters. The van der Waals surface area contributed by atoms with Crippen molar-refractivity contribution in [1.82, 2.24) is 4.90 Å². The van der Waals surface area contributed by atoms with Crippen LogP contribution in [0.4, 0.5) is 4.39 Å². The number of carboxylic acid groups (broad SMARTS) is 2. The molecule has 0 aliphatic rings. The Kier molecular flexibility index (Phi) is 4.79. The first-order chi connectivity index (χ1) is 8.38. The summed E-state index contributed by atoms with van der Waals surface area (Å²) in [6.07, 6.45) is 0. The van der Waals surface area contributed by atoms with Crippen molar-refractivity contribution in [2.75, 3.05) is 13.1 Å². The molecule has 0 radical (unpaired) electrons. The number of carboxylic acids is 2. The molecule has 6 heteroatoms. The van der Waals surface area contributed by atoms with Crippen molar-refractivity contribution in [2.24, 2.45) is 0 Å². The van der Waals surface area contributed by atoms with Crippen LogP contribution >= 0.6 is 0 Å². The quantitative estimate of drug-likeness (QED) is 0.796. The Morgan fingerprint density at radius 2 is 1.78 bits per heavy atom. The van der Waals surface area contributed by atoms with Crippen LogP contribution in [0.2, 0.25) is 0 Å². The third kappa shape index (κ3) is 4.50. The lowest BCUT2D eigenvalue weighted by Gasteiger charge is -2.19. The highest BCUT2D eigenvalue weighted by Crippen LogP contribution is 2.12. The van der Waals surface area contributed by atoms with Crippen molar-refractivity contribution in [3.8, 4) is 0 Å². The maximum Gasteiger partial charge on any atom is 0.317 e. The van der Waals surface area contributed by atoms with Crippen molar-refractivity contribution < 1.29 is 24.2 Å². The van der Waals surface area contributed by atoms with Gasteiger partial charge in [-0.05, 0) is 30.2 Å². The molecule has 0 bridgehead atoms. The topological polar surface area (TPSA) is 77.8 Å². The number of nitrogens with zero attached hydrogens (tertiary/aromatic N) is 1. The van der Waals surface area contributed by atoms with Gasteiger partial charge in [0.25, 0.3) is 0 Å². The van der Waals surface area contributed by atoms with E-state index in [1.54, 1.807) is 13.0 Å². The molecule has 0 fully saturated rings. The second-order valence-electron chi connectivity index (χ2n) is 4.00. The Morgan fingerprint density at radius 1 is 1.22 bits per heavy atom. The summed E-state index contributed by atoms with van der Waals surface area (Å²) in [5.74, 6) is -2.67. The van der Waals surface area contributed by atoms with Gasteiger partial charge in [-0.25, -0.2) is 4.39 Å². The maximum absolute atomic E-state index is 13.1. The SMILES string of the molecule is Cc1ccc(F)cc1CN(CC(=O)O)CC(=O)O. The van der Waals surface area contributed by atoms with Gasteiger partial charge in [0.05, 0.1) is 13.1 Å². The molecule has 0 spiro atoms. The van der Waals surface area contributed by atoms with Crippen molar-refractivity contribution in [3.05, 3.63) is 35.1 Å². The monoisotopic (exact) mass is 255 g/mol. The highest BCUT2D eigenvalue weighted by atomic mass is 19.1. The van der Waals surface area contributed by atoms with E-state index >= 15 is 0 Å². The Bertz CT molecular complexity index is 445. The molecule has 2 N–H and O–H groups in total. The first-order valence-electron chi connectivity index (χ1n) is 5.29. The number of carbonyl (C=O) groups is 2. The molecule has 0 aliphatic carbocycles. The molecule has 1 rings (SSSR count). The van der Waals surface area contributed by atoms with Crippen LogP contribution < -0.4 is 0 Å². The van der Waals surface area contributed by atoms with Crippen molar-refractivity contribution in [1.29, 1.82) is 0 Å². The van der Waals surface area contributed by atoms with E-state index in [0.717, 1.165) is 5.56 Å². The molecule has 0 heterocycles. The average molecular weight is 255 g/mol. The third-order valence-corrected chi connectivity index (χ3v) is 2.42. The van der Waals surface area contributed by atoms with Crippen LogP contribution in [0.25, 0.3) is 0 Å². The Labute approximate surface area is 103 Å². The summed E-state index contributed by atoms with van der Waals surface area (Å²) in [5, 5.41) is 17.4. The number of hydrogen-bond acceptors (Lipinski definition) is 3. The summed E-state index contributed by atoms with van der Waals surface area (Å²) in [4.78, 5) is 22.5. The van der Waals surface area contributed by atoms with E-state index in [0.29, 0.717) is 5.56 Å². The summed E-state index contributed by atoms with van der Waals surface area (Å²) in [5.41, 5.74) is 1.37. The molecular formula is C12H14FNO4. The van der Waals surface area contributed by atoms with Crippen molar-refractivity contribution in [2.45, 2.75) is 13.5 Å². The van der Waals surface area contributed by atoms with Crippen LogP contribution in [0.5, 0.6) is 0 Å². The predicted molar refractivity (Wildman–Crippen MR) is 61.7 cm³/mol. The summed E-state index contributed by atoms with van der Waals surface area (Å²) in [6, 6.07) is 4.16. The minimum atomic E-state index is -1.12. The zero-order valence-electron chi connectivity index (χ0n) is 9.89. The van der Waals surface area contributed by atoms with Crippen LogP contribution in [-0.4, -0.2) is 40.1 Å². The van der Waals surface area contributed by atoms with E-state index in [4.69, 9.17) is 10.2 Å². The minimum absolute atomic E-state index is 0.0855. The van der Waals surface area contributed by atoms with Crippen LogP contribution in [0.3, 0.4) is 0 Å². The maximum atomic E-state index is 13.1. The Balaban J connectivity index is 2.84. The zero-order valence-corrected chi connectivity index (χ0v) is 9.89. The van der Waals surface area contributed by atoms with Gasteiger partial charge in [-0.2, -0.15) is 0 Å². The fourth-order valence-electron chi connectivity index (χ4n) is 1.60. The van der Waals surface area contributed by atoms with Crippen LogP contribution in [0, 0.1) is 12.7 Å². The summed E-state index contributed by atoms with van der Waals surface area (Å²) < 4.78 is 13.1. The fraction of sp³-hybridized carbons (Fsp3) is 0.333. The smallest absolute Gasteiger partial charge is 0.317 e. The lowest BCUT2D eigenvalue weighted by atomic mass is 10.1. The van der Waals surface area contributed by atoms with Gasteiger partial charge >= 0.3 is 11.9 Å². The molecule has 1 aromatic rings. The highest BCUT2D eigenvalue weighted by Gasteiger charge is 2.15. The molecule has 0 aliphatic heterocycles. The van der Waals surface area contributed by atoms with E-state index in [-0.39, 0.29) is 6.54 Å². The first-order valence-corrected chi connectivity index (χ1v) is 5.29. The van der Waals surface area contributed by atoms with Gasteiger partial charge in [-0.15, -0.1) is 0 Å². The van der Waals surface area contributed by atoms with Gasteiger partial charge < -0.3 is 10.2 Å². The van der Waals surface area contributed by atoms with Crippen molar-refractivity contribution in [3.63, 3.8) is 0 Å². The molecule has 18 heavy (non-hydrogen) atoms. The molecule has 98 valence electrons. The second kappa shape index (κ2) is 6.11. The van der Waals surface area contributed by atoms with Crippen molar-refractivity contribution >= 4 is 11.9 Å². The van der Waals surface area contributed by atoms with Gasteiger partial charge in [-0.3, -0.25) is 14.5 Å². The zero-order chi connectivity index (χ0) is 13.7. The van der Waals surface area contributed by atoms with E-state index < -0.39 is 30.8 Å². The summed E-state index contributed by atoms with van der Waals surface area (Å²) in [7, 11) is 0. The summed E-state index contributed by atoms with van der Waals surface area (Å²) >= 11 is 0. The average Bonchev–Trinajstić information content (AvgIpc) is 2.21. The standard InChI is InChI=1S/C12H14FNO4/c1-8-2-3-10(13)4-9(8)5-14(6-11(15)16)7-12(17)18/h2-4H,5-7H2,1H3,(H,15,16)(H,17,18). The minimum Gasteiger partial charge on any atom is -0.480 e. The fourth-order valence-corrected chi connectivity index (χ4v) is 1.60. The van der Waals surface area contributed by atoms with Gasteiger partial charge in [0.1, 0.15) is 5.82 Å². The molecular weight excluding hydrogens is 241 g/mol. The number of benzene rings is 1. The molecule has 1 aromatic carbocycles. The largest absolute Gasteiger partial charge is 0.480 e. The number of halogens is 1. The lowest BCUT2D eigenvalue weighted by molar-refractivity contribution is -0.142. The van der Waals surface area contributed by atoms with Crippen LogP contribution in [0.15, 0.2) is 18.2 Å². The Morgan fingerprint density at radius 3 is 2.28 bits per heavy atom. The van der Waals surface area contributed by atoms with Gasteiger partial charge in [0.15, 0.2) is 0 Å². The molecule has 0 unspecified atom stereocenters. The number of hydrogen-bond donors (Lipinski definition) is 2. The van der Waals surface area contributed by atoms with E-state index in [1.165, 1.54) is 17.0 Å². The number of rotatable bonds is 6. The van der Waals surface area contributed by atoms with Crippen LogP contribution in [-0.2, 0) is 16.1 Å². The molecule has 0 saturated heterocycles. The molecule has 0 saturated carbocycles. The van der Waals surface area contributed by atoms with E-state index in [2.05, 4.69) is 0 Å². The number of aliphatic carboxylic acids is 2. The molecule has 0 amide bonds. The van der Waals surface area contributed by atoms with Gasteiger partial charge in [-0.1, -0.05) is 6.07 Å². The summed E-state index contributed by atoms with van der Waals surface area (Å²) in [6.45, 7) is 1.04. The highest BCUT2D eigenvalue weighted by molar-refractivity contribution is 5.72. The number of aryl methyl sites for hydroxylation is 1. The van der Waals surface area contributed by atoms with E-state index in [9.17, 15) is 14.0 Å². The Hall–Kier alpha value is -1.95. The molecule has 0 aromatic heterocycles.